The smallest absolute Gasteiger partial charge is 0.251 e. The van der Waals surface area contributed by atoms with Crippen molar-refractivity contribution >= 4 is 35.3 Å². The predicted molar refractivity (Wildman–Crippen MR) is 309 cm³/mol. The van der Waals surface area contributed by atoms with Crippen LogP contribution in [-0.2, 0) is 56.3 Å². The summed E-state index contributed by atoms with van der Waals surface area (Å²) in [7, 11) is 0. The summed E-state index contributed by atoms with van der Waals surface area (Å²) in [5.74, 6) is -3.64. The van der Waals surface area contributed by atoms with Crippen LogP contribution in [0.15, 0.2) is 159 Å². The van der Waals surface area contributed by atoms with Crippen LogP contribution in [0.4, 0.5) is 17.6 Å². The van der Waals surface area contributed by atoms with E-state index in [1.54, 1.807) is 111 Å². The van der Waals surface area contributed by atoms with Crippen molar-refractivity contribution in [1.82, 2.24) is 40.2 Å². The van der Waals surface area contributed by atoms with Crippen LogP contribution in [0, 0.1) is 45.9 Å². The number of hydrogen-bond acceptors (Lipinski definition) is 16. The molecule has 0 saturated carbocycles. The van der Waals surface area contributed by atoms with Crippen molar-refractivity contribution in [2.24, 2.45) is 0 Å². The van der Waals surface area contributed by atoms with E-state index in [-0.39, 0.29) is 46.5 Å². The summed E-state index contributed by atoms with van der Waals surface area (Å²) in [6, 6.07) is 38.2. The summed E-state index contributed by atoms with van der Waals surface area (Å²) in [5, 5.41) is 53.7. The average molecular weight is 1210 g/mol. The number of halogens is 4. The van der Waals surface area contributed by atoms with Crippen molar-refractivity contribution in [2.45, 2.75) is 84.8 Å². The third-order valence-electron chi connectivity index (χ3n) is 14.4. The molecule has 0 bridgehead atoms. The Morgan fingerprint density at radius 1 is 0.581 bits per heavy atom. The van der Waals surface area contributed by atoms with Gasteiger partial charge in [0.05, 0.1) is 73.3 Å². The molecule has 2 saturated heterocycles. The second-order valence-corrected chi connectivity index (χ2v) is 23.6. The van der Waals surface area contributed by atoms with Gasteiger partial charge in [0.15, 0.2) is 12.6 Å². The lowest BCUT2D eigenvalue weighted by molar-refractivity contribution is -0.180. The van der Waals surface area contributed by atoms with Crippen LogP contribution in [0.5, 0.6) is 0 Å². The summed E-state index contributed by atoms with van der Waals surface area (Å²) in [4.78, 5) is 33.0. The zero-order chi connectivity index (χ0) is 60.8. The Hall–Kier alpha value is -8.30. The molecule has 2 fully saturated rings. The maximum Gasteiger partial charge on any atom is 0.251 e. The third-order valence-corrected chi connectivity index (χ3v) is 17.3. The molecular weight excluding hydrogens is 1150 g/mol. The Kier molecular flexibility index (Phi) is 20.8. The van der Waals surface area contributed by atoms with Gasteiger partial charge in [-0.05, 0) is 71.8 Å². The molecule has 4 N–H and O–H groups in total. The molecule has 6 aromatic carbocycles. The van der Waals surface area contributed by atoms with Crippen LogP contribution >= 0.6 is 23.5 Å². The SMILES string of the molecule is C[C@@H](SC1COC(c2ccc(C(=O)NCc3ccc(C#N)cc3)cc2)OC1)[C@](O)(Cn1cncn1)c1ccc(F)cc1F.C[C@@H](SC1COC(c2ccc(C(=O)NCc3ccc(C#N)cc3)cc2)OC1)[C@](O)(Cn1cncn1)c1ccc(F)cc1F. The minimum atomic E-state index is -1.73. The maximum absolute atomic E-state index is 14.8. The zero-order valence-electron chi connectivity index (χ0n) is 46.4. The van der Waals surface area contributed by atoms with Crippen molar-refractivity contribution in [3.63, 3.8) is 0 Å². The Balaban J connectivity index is 0.000000205. The van der Waals surface area contributed by atoms with Crippen LogP contribution in [0.3, 0.4) is 0 Å². The van der Waals surface area contributed by atoms with Gasteiger partial charge in [0, 0.05) is 69.1 Å². The molecule has 8 aromatic rings. The minimum absolute atomic E-state index is 0.0408. The topological polar surface area (TPSA) is 245 Å². The molecule has 0 spiro atoms. The fraction of sp³-hybridized carbons (Fsp3) is 0.290. The highest BCUT2D eigenvalue weighted by Crippen LogP contribution is 2.41. The average Bonchev–Trinajstić information content (AvgIpc) is 3.28. The number of nitrogens with one attached hydrogen (secondary N) is 2. The molecule has 2 aliphatic heterocycles. The van der Waals surface area contributed by atoms with Gasteiger partial charge in [-0.3, -0.25) is 9.59 Å². The number of aromatic nitrogens is 6. The first-order valence-corrected chi connectivity index (χ1v) is 28.9. The predicted octanol–water partition coefficient (Wildman–Crippen LogP) is 8.96. The van der Waals surface area contributed by atoms with E-state index in [9.17, 15) is 37.4 Å². The number of carbonyl (C=O) groups is 2. The van der Waals surface area contributed by atoms with Gasteiger partial charge >= 0.3 is 0 Å². The van der Waals surface area contributed by atoms with Crippen LogP contribution in [0.25, 0.3) is 0 Å². The van der Waals surface area contributed by atoms with Gasteiger partial charge in [-0.2, -0.15) is 20.7 Å². The van der Waals surface area contributed by atoms with E-state index in [0.29, 0.717) is 61.8 Å². The fourth-order valence-electron chi connectivity index (χ4n) is 9.53. The largest absolute Gasteiger partial charge is 0.382 e. The number of nitriles is 2. The van der Waals surface area contributed by atoms with E-state index in [1.165, 1.54) is 70.3 Å². The van der Waals surface area contributed by atoms with Crippen molar-refractivity contribution in [3.8, 4) is 12.1 Å². The summed E-state index contributed by atoms with van der Waals surface area (Å²) in [6.45, 7) is 5.23. The van der Waals surface area contributed by atoms with E-state index in [2.05, 4.69) is 42.9 Å². The van der Waals surface area contributed by atoms with Crippen molar-refractivity contribution < 1.29 is 56.3 Å². The number of aliphatic hydroxyl groups is 2. The van der Waals surface area contributed by atoms with Crippen LogP contribution in [0.2, 0.25) is 0 Å². The number of carbonyl (C=O) groups excluding carboxylic acids is 2. The molecule has 2 aliphatic rings. The molecule has 2 amide bonds. The highest BCUT2D eigenvalue weighted by molar-refractivity contribution is 8.00. The van der Waals surface area contributed by atoms with Crippen LogP contribution in [0.1, 0.15) is 91.7 Å². The van der Waals surface area contributed by atoms with Gasteiger partial charge < -0.3 is 39.8 Å². The first-order valence-electron chi connectivity index (χ1n) is 27.0. The standard InChI is InChI=1S/2C31H29F2N5O4S/c2*1-20(31(40,17-38-19-35-18-37-38)27-11-10-25(32)12-28(27)33)43-26-15-41-30(42-16-26)24-8-6-23(7-9-24)29(39)36-14-22-4-2-21(13-34)3-5-22/h2*2-12,18-20,26,30,40H,14-17H2,1H3,(H,36,39)/t2*20-,26?,30?,31-/m11/s1. The fourth-order valence-corrected chi connectivity index (χ4v) is 12.2. The van der Waals surface area contributed by atoms with Crippen molar-refractivity contribution in [2.75, 3.05) is 26.4 Å². The van der Waals surface area contributed by atoms with E-state index < -0.39 is 57.6 Å². The normalized spacial score (nSPS) is 18.8. The number of hydrogen-bond donors (Lipinski definition) is 4. The molecule has 4 atom stereocenters. The lowest BCUT2D eigenvalue weighted by Gasteiger charge is -2.37. The molecule has 18 nitrogen and oxygen atoms in total. The first kappa shape index (κ1) is 62.2. The summed E-state index contributed by atoms with van der Waals surface area (Å²) in [5.41, 5.74) is 1.79. The zero-order valence-corrected chi connectivity index (χ0v) is 48.0. The Morgan fingerprint density at radius 2 is 0.942 bits per heavy atom. The lowest BCUT2D eigenvalue weighted by atomic mass is 9.90. The van der Waals surface area contributed by atoms with Gasteiger partial charge in [-0.25, -0.2) is 36.9 Å². The number of ether oxygens (including phenoxy) is 4. The monoisotopic (exact) mass is 1210 g/mol. The van der Waals surface area contributed by atoms with Gasteiger partial charge in [-0.1, -0.05) is 74.5 Å². The molecule has 444 valence electrons. The van der Waals surface area contributed by atoms with Crippen LogP contribution in [-0.4, -0.2) is 99.0 Å². The maximum atomic E-state index is 14.8. The number of rotatable bonds is 20. The van der Waals surface area contributed by atoms with E-state index in [0.717, 1.165) is 46.5 Å². The highest BCUT2D eigenvalue weighted by Gasteiger charge is 2.43. The van der Waals surface area contributed by atoms with Gasteiger partial charge in [0.2, 0.25) is 0 Å². The molecule has 24 heteroatoms. The Bertz CT molecular complexity index is 3390. The molecule has 0 aliphatic carbocycles. The summed E-state index contributed by atoms with van der Waals surface area (Å²) in [6.07, 6.45) is 4.21. The molecular formula is C62H58F4N10O8S2. The number of nitrogens with zero attached hydrogens (tertiary/aromatic N) is 8. The quantitative estimate of drug-likeness (QED) is 0.0520. The number of thioether (sulfide) groups is 2. The second kappa shape index (κ2) is 28.7. The molecule has 10 rings (SSSR count). The third kappa shape index (κ3) is 15.8. The summed E-state index contributed by atoms with van der Waals surface area (Å²) >= 11 is 2.75. The Morgan fingerprint density at radius 3 is 1.26 bits per heavy atom. The van der Waals surface area contributed by atoms with Crippen molar-refractivity contribution in [1.29, 1.82) is 10.5 Å². The van der Waals surface area contributed by atoms with E-state index in [1.807, 2.05) is 0 Å². The molecule has 0 radical (unpaired) electrons. The molecule has 86 heavy (non-hydrogen) atoms. The second-order valence-electron chi connectivity index (χ2n) is 20.3. The van der Waals surface area contributed by atoms with Gasteiger partial charge in [-0.15, -0.1) is 23.5 Å². The number of benzene rings is 6. The van der Waals surface area contributed by atoms with E-state index >= 15 is 0 Å². The van der Waals surface area contributed by atoms with E-state index in [4.69, 9.17) is 29.5 Å². The molecule has 4 heterocycles. The first-order chi connectivity index (χ1) is 41.5. The van der Waals surface area contributed by atoms with Gasteiger partial charge in [0.1, 0.15) is 59.8 Å². The van der Waals surface area contributed by atoms with Gasteiger partial charge in [0.25, 0.3) is 11.8 Å². The Labute approximate surface area is 501 Å². The molecule has 0 unspecified atom stereocenters. The lowest BCUT2D eigenvalue weighted by Crippen LogP contribution is -2.43. The molecule has 2 aromatic heterocycles. The minimum Gasteiger partial charge on any atom is -0.382 e. The van der Waals surface area contributed by atoms with Crippen molar-refractivity contribution in [3.05, 3.63) is 238 Å². The number of amides is 2. The summed E-state index contributed by atoms with van der Waals surface area (Å²) < 4.78 is 83.6. The highest BCUT2D eigenvalue weighted by atomic mass is 32.2. The van der Waals surface area contributed by atoms with Crippen LogP contribution < -0.4 is 10.6 Å².